The van der Waals surface area contributed by atoms with Crippen LogP contribution in [0, 0.1) is 0 Å². The van der Waals surface area contributed by atoms with Crippen LogP contribution >= 0.6 is 0 Å². The van der Waals surface area contributed by atoms with Crippen molar-refractivity contribution < 1.29 is 0 Å². The molecule has 0 atom stereocenters. The molecule has 0 bridgehead atoms. The molecule has 0 heteroatoms. The normalized spacial score (nSPS) is 12.6. The summed E-state index contributed by atoms with van der Waals surface area (Å²) >= 11 is 0. The lowest BCUT2D eigenvalue weighted by Crippen LogP contribution is -1.53. The van der Waals surface area contributed by atoms with Gasteiger partial charge in [-0.3, -0.25) is 0 Å². The molecule has 0 N–H and O–H groups in total. The Hall–Kier alpha value is -0.780. The van der Waals surface area contributed by atoms with E-state index in [1.807, 2.05) is 0 Å². The first-order valence-corrected chi connectivity index (χ1v) is 3.90. The van der Waals surface area contributed by atoms with E-state index < -0.39 is 0 Å². The molecule has 0 heterocycles. The molecule has 10 heavy (non-hydrogen) atoms. The van der Waals surface area contributed by atoms with E-state index in [0.29, 0.717) is 0 Å². The van der Waals surface area contributed by atoms with Gasteiger partial charge in [0.05, 0.1) is 0 Å². The molecule has 0 nitrogen and oxygen atoms in total. The Morgan fingerprint density at radius 3 is 1.40 bits per heavy atom. The lowest BCUT2D eigenvalue weighted by Gasteiger charge is -1.74. The molecule has 0 radical (unpaired) electrons. The maximum absolute atomic E-state index is 2.14. The van der Waals surface area contributed by atoms with Crippen molar-refractivity contribution in [3.05, 3.63) is 36.5 Å². The highest BCUT2D eigenvalue weighted by Gasteiger charge is 1.62. The van der Waals surface area contributed by atoms with E-state index >= 15 is 0 Å². The number of hydrogen-bond acceptors (Lipinski definition) is 0. The summed E-state index contributed by atoms with van der Waals surface area (Å²) in [6, 6.07) is 0. The van der Waals surface area contributed by atoms with E-state index in [9.17, 15) is 0 Å². The fourth-order valence-corrected chi connectivity index (χ4v) is 0.558. The first-order valence-electron chi connectivity index (χ1n) is 3.90. The molecule has 0 aliphatic carbocycles. The second-order valence-electron chi connectivity index (χ2n) is 2.06. The molecule has 0 aromatic rings. The lowest BCUT2D eigenvalue weighted by molar-refractivity contribution is 1.22. The molecule has 0 fully saturated rings. The molecule has 0 spiro atoms. The number of allylic oxidation sites excluding steroid dienone is 6. The van der Waals surface area contributed by atoms with Crippen molar-refractivity contribution in [2.24, 2.45) is 0 Å². The van der Waals surface area contributed by atoms with Crippen LogP contribution in [0.1, 0.15) is 26.7 Å². The Morgan fingerprint density at radius 1 is 0.700 bits per heavy atom. The van der Waals surface area contributed by atoms with Gasteiger partial charge in [0.2, 0.25) is 0 Å². The maximum atomic E-state index is 2.14. The summed E-state index contributed by atoms with van der Waals surface area (Å²) in [7, 11) is 0. The fraction of sp³-hybridized carbons (Fsp3) is 0.400. The molecule has 0 unspecified atom stereocenters. The van der Waals surface area contributed by atoms with Crippen molar-refractivity contribution in [1.82, 2.24) is 0 Å². The third kappa shape index (κ3) is 7.22. The lowest BCUT2D eigenvalue weighted by atomic mass is 10.3. The largest absolute Gasteiger partial charge is 0.0848 e. The summed E-state index contributed by atoms with van der Waals surface area (Å²) in [5.74, 6) is 0. The van der Waals surface area contributed by atoms with E-state index in [0.717, 1.165) is 12.8 Å². The Morgan fingerprint density at radius 2 is 1.10 bits per heavy atom. The molecule has 0 rings (SSSR count). The first kappa shape index (κ1) is 9.22. The van der Waals surface area contributed by atoms with Gasteiger partial charge in [-0.15, -0.1) is 0 Å². The fourth-order valence-electron chi connectivity index (χ4n) is 0.558. The standard InChI is InChI=1S/C10H16/c1-3-5-7-9-10-8-6-4-2/h5-10H,3-4H2,1-2H3/b7-5+,8-6+,10-9+. The van der Waals surface area contributed by atoms with Gasteiger partial charge in [-0.1, -0.05) is 50.3 Å². The molecular formula is C10H16. The van der Waals surface area contributed by atoms with E-state index in [2.05, 4.69) is 50.3 Å². The summed E-state index contributed by atoms with van der Waals surface area (Å²) in [5.41, 5.74) is 0. The predicted octanol–water partition coefficient (Wildman–Crippen LogP) is 3.48. The molecule has 0 aromatic carbocycles. The second-order valence-corrected chi connectivity index (χ2v) is 2.06. The SMILES string of the molecule is CC/C=C/C=C/C=C/CC. The van der Waals surface area contributed by atoms with Crippen molar-refractivity contribution in [2.45, 2.75) is 26.7 Å². The highest BCUT2D eigenvalue weighted by Crippen LogP contribution is 1.84. The molecule has 56 valence electrons. The van der Waals surface area contributed by atoms with Crippen LogP contribution in [0.2, 0.25) is 0 Å². The Labute approximate surface area is 64.0 Å². The summed E-state index contributed by atoms with van der Waals surface area (Å²) in [4.78, 5) is 0. The van der Waals surface area contributed by atoms with Crippen molar-refractivity contribution in [3.63, 3.8) is 0 Å². The van der Waals surface area contributed by atoms with Crippen LogP contribution in [0.15, 0.2) is 36.5 Å². The summed E-state index contributed by atoms with van der Waals surface area (Å²) < 4.78 is 0. The van der Waals surface area contributed by atoms with Gasteiger partial charge in [0, 0.05) is 0 Å². The third-order valence-electron chi connectivity index (χ3n) is 1.08. The van der Waals surface area contributed by atoms with Gasteiger partial charge in [-0.2, -0.15) is 0 Å². The van der Waals surface area contributed by atoms with Crippen LogP contribution in [-0.4, -0.2) is 0 Å². The minimum absolute atomic E-state index is 1.11. The van der Waals surface area contributed by atoms with E-state index in [1.165, 1.54) is 0 Å². The summed E-state index contributed by atoms with van der Waals surface area (Å²) in [6.45, 7) is 4.26. The topological polar surface area (TPSA) is 0 Å². The smallest absolute Gasteiger partial charge is 0.0376 e. The zero-order valence-corrected chi connectivity index (χ0v) is 6.88. The predicted molar refractivity (Wildman–Crippen MR) is 48.0 cm³/mol. The monoisotopic (exact) mass is 136 g/mol. The van der Waals surface area contributed by atoms with Crippen molar-refractivity contribution in [1.29, 1.82) is 0 Å². The van der Waals surface area contributed by atoms with Gasteiger partial charge in [0.15, 0.2) is 0 Å². The molecule has 0 saturated carbocycles. The van der Waals surface area contributed by atoms with Crippen LogP contribution in [0.4, 0.5) is 0 Å². The average molecular weight is 136 g/mol. The third-order valence-corrected chi connectivity index (χ3v) is 1.08. The zero-order valence-electron chi connectivity index (χ0n) is 6.88. The minimum Gasteiger partial charge on any atom is -0.0848 e. The van der Waals surface area contributed by atoms with E-state index in [1.54, 1.807) is 0 Å². The summed E-state index contributed by atoms with van der Waals surface area (Å²) in [5, 5.41) is 0. The van der Waals surface area contributed by atoms with Crippen molar-refractivity contribution >= 4 is 0 Å². The number of hydrogen-bond donors (Lipinski definition) is 0. The van der Waals surface area contributed by atoms with E-state index in [4.69, 9.17) is 0 Å². The average Bonchev–Trinajstić information content (AvgIpc) is 1.97. The van der Waals surface area contributed by atoms with Crippen molar-refractivity contribution in [3.8, 4) is 0 Å². The molecule has 0 aliphatic rings. The molecule has 0 saturated heterocycles. The van der Waals surface area contributed by atoms with Gasteiger partial charge in [-0.25, -0.2) is 0 Å². The van der Waals surface area contributed by atoms with Crippen LogP contribution in [0.25, 0.3) is 0 Å². The quantitative estimate of drug-likeness (QED) is 0.519. The first-order chi connectivity index (χ1) is 4.91. The highest BCUT2D eigenvalue weighted by molar-refractivity contribution is 5.10. The Bertz CT molecular complexity index is 111. The van der Waals surface area contributed by atoms with Crippen LogP contribution in [0.5, 0.6) is 0 Å². The zero-order chi connectivity index (χ0) is 7.66. The molecule has 0 amide bonds. The second kappa shape index (κ2) is 8.22. The van der Waals surface area contributed by atoms with Gasteiger partial charge in [0.1, 0.15) is 0 Å². The van der Waals surface area contributed by atoms with Gasteiger partial charge in [-0.05, 0) is 12.8 Å². The van der Waals surface area contributed by atoms with Crippen LogP contribution in [-0.2, 0) is 0 Å². The van der Waals surface area contributed by atoms with Crippen molar-refractivity contribution in [2.75, 3.05) is 0 Å². The van der Waals surface area contributed by atoms with Crippen LogP contribution < -0.4 is 0 Å². The van der Waals surface area contributed by atoms with Gasteiger partial charge in [0.25, 0.3) is 0 Å². The van der Waals surface area contributed by atoms with E-state index in [-0.39, 0.29) is 0 Å². The van der Waals surface area contributed by atoms with Crippen LogP contribution in [0.3, 0.4) is 0 Å². The Kier molecular flexibility index (Phi) is 7.58. The number of rotatable bonds is 4. The van der Waals surface area contributed by atoms with Gasteiger partial charge >= 0.3 is 0 Å². The molecular weight excluding hydrogens is 120 g/mol. The van der Waals surface area contributed by atoms with Gasteiger partial charge < -0.3 is 0 Å². The summed E-state index contributed by atoms with van der Waals surface area (Å²) in [6.07, 6.45) is 14.7. The minimum atomic E-state index is 1.11. The molecule has 0 aliphatic heterocycles. The highest BCUT2D eigenvalue weighted by atomic mass is 13.7. The molecule has 0 aromatic heterocycles. The Balaban J connectivity index is 3.37. The maximum Gasteiger partial charge on any atom is -0.0376 e.